The van der Waals surface area contributed by atoms with Crippen molar-refractivity contribution in [1.82, 2.24) is 15.3 Å². The zero-order valence-corrected chi connectivity index (χ0v) is 15.1. The maximum atomic E-state index is 9.96. The molecular weight excluding hydrogens is 338 g/mol. The van der Waals surface area contributed by atoms with Crippen LogP contribution in [0.15, 0.2) is 30.5 Å². The van der Waals surface area contributed by atoms with E-state index in [4.69, 9.17) is 10.2 Å². The highest BCUT2D eigenvalue weighted by Gasteiger charge is 2.35. The van der Waals surface area contributed by atoms with E-state index in [0.29, 0.717) is 17.2 Å². The summed E-state index contributed by atoms with van der Waals surface area (Å²) >= 11 is 0. The molecule has 2 aliphatic heterocycles. The van der Waals surface area contributed by atoms with Gasteiger partial charge in [0.25, 0.3) is 0 Å². The second-order valence-electron chi connectivity index (χ2n) is 7.05. The molecule has 2 saturated heterocycles. The molecular formula is C20H21N7. The molecule has 0 aromatic carbocycles. The van der Waals surface area contributed by atoms with Crippen LogP contribution in [0, 0.1) is 22.7 Å². The highest BCUT2D eigenvalue weighted by Crippen LogP contribution is 2.36. The molecule has 7 heteroatoms. The third kappa shape index (κ3) is 3.42. The average molecular weight is 359 g/mol. The lowest BCUT2D eigenvalue weighted by atomic mass is 9.74. The summed E-state index contributed by atoms with van der Waals surface area (Å²) < 4.78 is 0. The van der Waals surface area contributed by atoms with E-state index in [2.05, 4.69) is 38.7 Å². The Labute approximate surface area is 158 Å². The van der Waals surface area contributed by atoms with Crippen LogP contribution in [0.1, 0.15) is 30.4 Å². The van der Waals surface area contributed by atoms with Crippen LogP contribution in [-0.2, 0) is 5.41 Å². The zero-order valence-electron chi connectivity index (χ0n) is 15.1. The van der Waals surface area contributed by atoms with Gasteiger partial charge in [0.05, 0.1) is 23.1 Å². The lowest BCUT2D eigenvalue weighted by Gasteiger charge is -2.35. The van der Waals surface area contributed by atoms with Gasteiger partial charge >= 0.3 is 0 Å². The Hall–Kier alpha value is -3.16. The fraction of sp³-hybridized carbons (Fsp3) is 0.400. The Morgan fingerprint density at radius 2 is 1.93 bits per heavy atom. The van der Waals surface area contributed by atoms with Gasteiger partial charge in [-0.3, -0.25) is 0 Å². The maximum Gasteiger partial charge on any atom is 0.134 e. The number of anilines is 3. The highest BCUT2D eigenvalue weighted by atomic mass is 15.2. The molecule has 0 atom stereocenters. The van der Waals surface area contributed by atoms with Crippen molar-refractivity contribution in [1.29, 1.82) is 10.5 Å². The van der Waals surface area contributed by atoms with Crippen molar-refractivity contribution >= 4 is 17.5 Å². The molecule has 0 amide bonds. The predicted octanol–water partition coefficient (Wildman–Crippen LogP) is 2.45. The van der Waals surface area contributed by atoms with Gasteiger partial charge in [-0.1, -0.05) is 0 Å². The van der Waals surface area contributed by atoms with Crippen LogP contribution in [0.4, 0.5) is 17.5 Å². The minimum Gasteiger partial charge on any atom is -0.356 e. The second-order valence-corrected chi connectivity index (χ2v) is 7.05. The van der Waals surface area contributed by atoms with E-state index in [1.54, 1.807) is 18.3 Å². The molecule has 136 valence electrons. The second kappa shape index (κ2) is 7.22. The Morgan fingerprint density at radius 1 is 1.11 bits per heavy atom. The van der Waals surface area contributed by atoms with Crippen LogP contribution >= 0.6 is 0 Å². The molecule has 27 heavy (non-hydrogen) atoms. The van der Waals surface area contributed by atoms with Crippen molar-refractivity contribution in [3.63, 3.8) is 0 Å². The summed E-state index contributed by atoms with van der Waals surface area (Å²) in [5.41, 5.74) is 1.05. The van der Waals surface area contributed by atoms with Gasteiger partial charge in [0.1, 0.15) is 17.5 Å². The van der Waals surface area contributed by atoms with E-state index in [-0.39, 0.29) is 0 Å². The van der Waals surface area contributed by atoms with E-state index in [0.717, 1.165) is 56.8 Å². The maximum absolute atomic E-state index is 9.96. The largest absolute Gasteiger partial charge is 0.356 e. The molecule has 0 saturated carbocycles. The van der Waals surface area contributed by atoms with E-state index in [1.165, 1.54) is 0 Å². The standard InChI is InChI=1S/C20H21N7/c21-13-15-2-5-24-17(10-15)25-18-11-16(12-19(26-18)27-8-1-9-27)20(14-22)3-6-23-7-4-20/h2,5,10-12,23H,1,3-4,6-9H2,(H,24,25,26). The van der Waals surface area contributed by atoms with Crippen LogP contribution in [-0.4, -0.2) is 36.1 Å². The smallest absolute Gasteiger partial charge is 0.134 e. The molecule has 0 aliphatic carbocycles. The van der Waals surface area contributed by atoms with Crippen LogP contribution < -0.4 is 15.5 Å². The molecule has 0 spiro atoms. The van der Waals surface area contributed by atoms with Crippen LogP contribution in [0.3, 0.4) is 0 Å². The summed E-state index contributed by atoms with van der Waals surface area (Å²) in [4.78, 5) is 11.2. The minimum absolute atomic E-state index is 0.494. The van der Waals surface area contributed by atoms with Crippen LogP contribution in [0.25, 0.3) is 0 Å². The summed E-state index contributed by atoms with van der Waals surface area (Å²) in [5, 5.41) is 25.6. The monoisotopic (exact) mass is 359 g/mol. The third-order valence-corrected chi connectivity index (χ3v) is 5.36. The first-order valence-electron chi connectivity index (χ1n) is 9.25. The van der Waals surface area contributed by atoms with Crippen molar-refractivity contribution in [3.8, 4) is 12.1 Å². The van der Waals surface area contributed by atoms with Gasteiger partial charge in [0, 0.05) is 19.3 Å². The summed E-state index contributed by atoms with van der Waals surface area (Å²) in [6.45, 7) is 3.64. The number of pyridine rings is 2. The summed E-state index contributed by atoms with van der Waals surface area (Å²) in [6, 6.07) is 12.1. The van der Waals surface area contributed by atoms with Gasteiger partial charge in [0.2, 0.25) is 0 Å². The zero-order chi connectivity index (χ0) is 18.7. The average Bonchev–Trinajstić information content (AvgIpc) is 2.67. The quantitative estimate of drug-likeness (QED) is 0.864. The SMILES string of the molecule is N#Cc1ccnc(Nc2cc(C3(C#N)CCNCC3)cc(N3CCC3)n2)c1. The van der Waals surface area contributed by atoms with Crippen molar-refractivity contribution in [3.05, 3.63) is 41.6 Å². The number of hydrogen-bond acceptors (Lipinski definition) is 7. The summed E-state index contributed by atoms with van der Waals surface area (Å²) in [7, 11) is 0. The van der Waals surface area contributed by atoms with Gasteiger partial charge < -0.3 is 15.5 Å². The minimum atomic E-state index is -0.494. The number of nitrogens with one attached hydrogen (secondary N) is 2. The number of aromatic nitrogens is 2. The van der Waals surface area contributed by atoms with Crippen molar-refractivity contribution in [2.24, 2.45) is 0 Å². The molecule has 2 N–H and O–H groups in total. The predicted molar refractivity (Wildman–Crippen MR) is 103 cm³/mol. The van der Waals surface area contributed by atoms with Crippen molar-refractivity contribution in [2.45, 2.75) is 24.7 Å². The topological polar surface area (TPSA) is 101 Å². The van der Waals surface area contributed by atoms with Crippen LogP contribution in [0.2, 0.25) is 0 Å². The fourth-order valence-electron chi connectivity index (χ4n) is 3.58. The number of nitrogens with zero attached hydrogens (tertiary/aromatic N) is 5. The molecule has 2 aromatic heterocycles. The van der Waals surface area contributed by atoms with Gasteiger partial charge in [-0.05, 0) is 62.2 Å². The molecule has 0 bridgehead atoms. The summed E-state index contributed by atoms with van der Waals surface area (Å²) in [5.74, 6) is 2.13. The Balaban J connectivity index is 1.72. The normalized spacial score (nSPS) is 18.1. The van der Waals surface area contributed by atoms with Gasteiger partial charge in [-0.2, -0.15) is 10.5 Å². The number of piperidine rings is 1. The Bertz CT molecular complexity index is 915. The van der Waals surface area contributed by atoms with E-state index < -0.39 is 5.41 Å². The van der Waals surface area contributed by atoms with E-state index in [9.17, 15) is 5.26 Å². The molecule has 2 fully saturated rings. The lowest BCUT2D eigenvalue weighted by molar-refractivity contribution is 0.382. The first kappa shape index (κ1) is 17.3. The van der Waals surface area contributed by atoms with Crippen molar-refractivity contribution in [2.75, 3.05) is 36.4 Å². The third-order valence-electron chi connectivity index (χ3n) is 5.36. The molecule has 4 heterocycles. The van der Waals surface area contributed by atoms with E-state index >= 15 is 0 Å². The molecule has 2 aromatic rings. The Morgan fingerprint density at radius 3 is 2.59 bits per heavy atom. The van der Waals surface area contributed by atoms with E-state index in [1.807, 2.05) is 6.07 Å². The highest BCUT2D eigenvalue weighted by molar-refractivity contribution is 5.60. The molecule has 7 nitrogen and oxygen atoms in total. The molecule has 0 radical (unpaired) electrons. The first-order valence-corrected chi connectivity index (χ1v) is 9.25. The molecule has 4 rings (SSSR count). The summed E-state index contributed by atoms with van der Waals surface area (Å²) in [6.07, 6.45) is 4.33. The molecule has 2 aliphatic rings. The number of nitriles is 2. The van der Waals surface area contributed by atoms with Gasteiger partial charge in [0.15, 0.2) is 0 Å². The number of rotatable bonds is 4. The van der Waals surface area contributed by atoms with Gasteiger partial charge in [-0.15, -0.1) is 0 Å². The fourth-order valence-corrected chi connectivity index (χ4v) is 3.58. The lowest BCUT2D eigenvalue weighted by Crippen LogP contribution is -2.40. The Kier molecular flexibility index (Phi) is 4.62. The van der Waals surface area contributed by atoms with Crippen molar-refractivity contribution < 1.29 is 0 Å². The van der Waals surface area contributed by atoms with Gasteiger partial charge in [-0.25, -0.2) is 9.97 Å². The molecule has 0 unspecified atom stereocenters. The number of hydrogen-bond donors (Lipinski definition) is 2. The van der Waals surface area contributed by atoms with Crippen LogP contribution in [0.5, 0.6) is 0 Å². The first-order chi connectivity index (χ1) is 13.2.